The predicted octanol–water partition coefficient (Wildman–Crippen LogP) is 1.31. The van der Waals surface area contributed by atoms with Gasteiger partial charge in [-0.2, -0.15) is 0 Å². The molecule has 1 aromatic rings. The van der Waals surface area contributed by atoms with Crippen LogP contribution in [0.1, 0.15) is 31.2 Å². The molecular formula is C12H19N5. The van der Waals surface area contributed by atoms with Gasteiger partial charge in [-0.1, -0.05) is 6.92 Å². The molecule has 0 aromatic carbocycles. The second-order valence-electron chi connectivity index (χ2n) is 4.78. The van der Waals surface area contributed by atoms with Crippen molar-refractivity contribution in [3.63, 3.8) is 0 Å². The summed E-state index contributed by atoms with van der Waals surface area (Å²) in [6.45, 7) is 6.16. The Hall–Kier alpha value is -1.65. The third kappa shape index (κ3) is 2.72. The van der Waals surface area contributed by atoms with E-state index in [1.54, 1.807) is 6.07 Å². The van der Waals surface area contributed by atoms with Crippen LogP contribution in [0.5, 0.6) is 0 Å². The highest BCUT2D eigenvalue weighted by Crippen LogP contribution is 2.20. The number of nitrogens with two attached hydrogens (primary N) is 1. The van der Waals surface area contributed by atoms with Gasteiger partial charge in [-0.3, -0.25) is 5.41 Å². The molecule has 0 bridgehead atoms. The highest BCUT2D eigenvalue weighted by atomic mass is 15.3. The lowest BCUT2D eigenvalue weighted by atomic mass is 10.00. The number of aromatic nitrogens is 2. The maximum atomic E-state index is 7.44. The van der Waals surface area contributed by atoms with Gasteiger partial charge in [0, 0.05) is 18.8 Å². The first-order valence-corrected chi connectivity index (χ1v) is 6.01. The largest absolute Gasteiger partial charge is 0.382 e. The van der Waals surface area contributed by atoms with Gasteiger partial charge in [0.25, 0.3) is 0 Å². The van der Waals surface area contributed by atoms with Crippen LogP contribution in [0.25, 0.3) is 0 Å². The monoisotopic (exact) mass is 233 g/mol. The van der Waals surface area contributed by atoms with Crippen LogP contribution in [0, 0.1) is 18.3 Å². The number of anilines is 1. The zero-order valence-electron chi connectivity index (χ0n) is 10.4. The van der Waals surface area contributed by atoms with Crippen molar-refractivity contribution in [3.05, 3.63) is 17.5 Å². The molecule has 92 valence electrons. The Kier molecular flexibility index (Phi) is 3.26. The SMILES string of the molecule is Cc1cc(C(=N)N)nc(N2CCC(C)CC2)n1. The number of rotatable bonds is 2. The van der Waals surface area contributed by atoms with Crippen LogP contribution in [0.3, 0.4) is 0 Å². The van der Waals surface area contributed by atoms with E-state index in [0.29, 0.717) is 11.6 Å². The van der Waals surface area contributed by atoms with E-state index in [9.17, 15) is 0 Å². The summed E-state index contributed by atoms with van der Waals surface area (Å²) in [5.74, 6) is 1.49. The van der Waals surface area contributed by atoms with E-state index in [1.165, 1.54) is 12.8 Å². The molecule has 5 nitrogen and oxygen atoms in total. The van der Waals surface area contributed by atoms with Crippen LogP contribution in [-0.2, 0) is 0 Å². The van der Waals surface area contributed by atoms with E-state index in [1.807, 2.05) is 6.92 Å². The maximum Gasteiger partial charge on any atom is 0.226 e. The summed E-state index contributed by atoms with van der Waals surface area (Å²) in [6, 6.07) is 1.75. The van der Waals surface area contributed by atoms with Gasteiger partial charge in [0.1, 0.15) is 11.5 Å². The van der Waals surface area contributed by atoms with Gasteiger partial charge >= 0.3 is 0 Å². The fourth-order valence-corrected chi connectivity index (χ4v) is 2.04. The summed E-state index contributed by atoms with van der Waals surface area (Å²) in [6.07, 6.45) is 2.35. The third-order valence-electron chi connectivity index (χ3n) is 3.18. The molecule has 0 saturated carbocycles. The van der Waals surface area contributed by atoms with E-state index < -0.39 is 0 Å². The molecule has 0 spiro atoms. The number of aryl methyl sites for hydroxylation is 1. The first kappa shape index (κ1) is 11.8. The molecule has 0 atom stereocenters. The van der Waals surface area contributed by atoms with Crippen molar-refractivity contribution in [2.24, 2.45) is 11.7 Å². The molecule has 1 fully saturated rings. The fraction of sp³-hybridized carbons (Fsp3) is 0.583. The number of nitrogens with zero attached hydrogens (tertiary/aromatic N) is 3. The van der Waals surface area contributed by atoms with Crippen molar-refractivity contribution < 1.29 is 0 Å². The quantitative estimate of drug-likeness (QED) is 0.596. The van der Waals surface area contributed by atoms with Gasteiger partial charge in [-0.05, 0) is 31.7 Å². The van der Waals surface area contributed by atoms with Crippen LogP contribution in [0.2, 0.25) is 0 Å². The zero-order chi connectivity index (χ0) is 12.4. The highest BCUT2D eigenvalue weighted by Gasteiger charge is 2.18. The molecule has 0 unspecified atom stereocenters. The van der Waals surface area contributed by atoms with Gasteiger partial charge in [-0.15, -0.1) is 0 Å². The summed E-state index contributed by atoms with van der Waals surface area (Å²) in [4.78, 5) is 11.0. The van der Waals surface area contributed by atoms with Crippen molar-refractivity contribution in [1.29, 1.82) is 5.41 Å². The standard InChI is InChI=1S/C12H19N5/c1-8-3-5-17(6-4-8)12-15-9(2)7-10(16-12)11(13)14/h7-8H,3-6H2,1-2H3,(H3,13,14). The smallest absolute Gasteiger partial charge is 0.226 e. The van der Waals surface area contributed by atoms with Crippen molar-refractivity contribution >= 4 is 11.8 Å². The lowest BCUT2D eigenvalue weighted by Gasteiger charge is -2.30. The van der Waals surface area contributed by atoms with Gasteiger partial charge < -0.3 is 10.6 Å². The minimum atomic E-state index is 0.00197. The van der Waals surface area contributed by atoms with Crippen molar-refractivity contribution in [2.45, 2.75) is 26.7 Å². The highest BCUT2D eigenvalue weighted by molar-refractivity contribution is 5.93. The Balaban J connectivity index is 2.23. The molecule has 3 N–H and O–H groups in total. The number of amidine groups is 1. The van der Waals surface area contributed by atoms with Gasteiger partial charge in [0.05, 0.1) is 0 Å². The Labute approximate surface area is 102 Å². The third-order valence-corrected chi connectivity index (χ3v) is 3.18. The molecule has 1 saturated heterocycles. The van der Waals surface area contributed by atoms with Crippen LogP contribution in [-0.4, -0.2) is 28.9 Å². The summed E-state index contributed by atoms with van der Waals surface area (Å²) in [7, 11) is 0. The van der Waals surface area contributed by atoms with Crippen molar-refractivity contribution in [3.8, 4) is 0 Å². The molecule has 2 rings (SSSR count). The number of piperidine rings is 1. The zero-order valence-corrected chi connectivity index (χ0v) is 10.4. The van der Waals surface area contributed by atoms with Crippen molar-refractivity contribution in [1.82, 2.24) is 9.97 Å². The first-order chi connectivity index (χ1) is 8.06. The summed E-state index contributed by atoms with van der Waals surface area (Å²) in [5, 5.41) is 7.44. The molecule has 1 aliphatic rings. The summed E-state index contributed by atoms with van der Waals surface area (Å²) < 4.78 is 0. The van der Waals surface area contributed by atoms with E-state index in [4.69, 9.17) is 11.1 Å². The summed E-state index contributed by atoms with van der Waals surface area (Å²) in [5.41, 5.74) is 6.86. The number of nitrogen functional groups attached to an aromatic ring is 1. The van der Waals surface area contributed by atoms with Crippen molar-refractivity contribution in [2.75, 3.05) is 18.0 Å². The normalized spacial score (nSPS) is 17.2. The second kappa shape index (κ2) is 4.69. The molecule has 1 aromatic heterocycles. The Bertz CT molecular complexity index is 421. The Morgan fingerprint density at radius 3 is 2.65 bits per heavy atom. The van der Waals surface area contributed by atoms with Crippen LogP contribution in [0.4, 0.5) is 5.95 Å². The number of nitrogens with one attached hydrogen (secondary N) is 1. The lowest BCUT2D eigenvalue weighted by molar-refractivity contribution is 0.434. The Morgan fingerprint density at radius 2 is 2.06 bits per heavy atom. The van der Waals surface area contributed by atoms with Gasteiger partial charge in [-0.25, -0.2) is 9.97 Å². The molecule has 0 radical (unpaired) electrons. The summed E-state index contributed by atoms with van der Waals surface area (Å²) >= 11 is 0. The van der Waals surface area contributed by atoms with Gasteiger partial charge in [0.15, 0.2) is 0 Å². The topological polar surface area (TPSA) is 78.9 Å². The Morgan fingerprint density at radius 1 is 1.41 bits per heavy atom. The molecule has 1 aliphatic heterocycles. The molecule has 17 heavy (non-hydrogen) atoms. The minimum Gasteiger partial charge on any atom is -0.382 e. The molecular weight excluding hydrogens is 214 g/mol. The van der Waals surface area contributed by atoms with E-state index >= 15 is 0 Å². The molecule has 5 heteroatoms. The maximum absolute atomic E-state index is 7.44. The molecule has 0 aliphatic carbocycles. The fourth-order valence-electron chi connectivity index (χ4n) is 2.04. The average Bonchev–Trinajstić information content (AvgIpc) is 2.29. The first-order valence-electron chi connectivity index (χ1n) is 6.01. The second-order valence-corrected chi connectivity index (χ2v) is 4.78. The lowest BCUT2D eigenvalue weighted by Crippen LogP contribution is -2.34. The number of hydrogen-bond acceptors (Lipinski definition) is 4. The van der Waals surface area contributed by atoms with E-state index in [-0.39, 0.29) is 5.84 Å². The van der Waals surface area contributed by atoms with Gasteiger partial charge in [0.2, 0.25) is 5.95 Å². The van der Waals surface area contributed by atoms with Crippen LogP contribution >= 0.6 is 0 Å². The average molecular weight is 233 g/mol. The predicted molar refractivity (Wildman–Crippen MR) is 68.4 cm³/mol. The minimum absolute atomic E-state index is 0.00197. The van der Waals surface area contributed by atoms with Crippen LogP contribution < -0.4 is 10.6 Å². The molecule has 0 amide bonds. The van der Waals surface area contributed by atoms with E-state index in [2.05, 4.69) is 21.8 Å². The molecule has 2 heterocycles. The van der Waals surface area contributed by atoms with E-state index in [0.717, 1.165) is 24.7 Å². The van der Waals surface area contributed by atoms with Crippen LogP contribution in [0.15, 0.2) is 6.07 Å². The number of hydrogen-bond donors (Lipinski definition) is 2.